The van der Waals surface area contributed by atoms with Crippen molar-refractivity contribution in [2.75, 3.05) is 6.79 Å². The largest absolute Gasteiger partial charge is 0.454 e. The van der Waals surface area contributed by atoms with Crippen molar-refractivity contribution in [1.82, 2.24) is 14.5 Å². The number of fused-ring (bicyclic) bond motifs is 2. The Balaban J connectivity index is 1.41. The summed E-state index contributed by atoms with van der Waals surface area (Å²) in [6, 6.07) is 14.1. The van der Waals surface area contributed by atoms with Crippen molar-refractivity contribution < 1.29 is 14.3 Å². The highest BCUT2D eigenvalue weighted by molar-refractivity contribution is 7.17. The van der Waals surface area contributed by atoms with E-state index >= 15 is 0 Å². The first kappa shape index (κ1) is 21.3. The van der Waals surface area contributed by atoms with E-state index in [-0.39, 0.29) is 32.3 Å². The standard InChI is InChI=1S/C23H18ClN3O5S/c24-16-4-2-1-3-15(16)11-27-22(29)21-17(7-8-33-21)26(23(27)30)12-20(28)25-10-14-5-6-18-19(9-14)32-13-31-18/h1-9H,10-13H2,(H,25,28). The predicted octanol–water partition coefficient (Wildman–Crippen LogP) is 2.97. The van der Waals surface area contributed by atoms with Crippen molar-refractivity contribution in [2.24, 2.45) is 0 Å². The molecule has 0 atom stereocenters. The number of amides is 1. The number of nitrogens with one attached hydrogen (secondary N) is 1. The summed E-state index contributed by atoms with van der Waals surface area (Å²) in [5, 5.41) is 5.01. The number of hydrogen-bond acceptors (Lipinski definition) is 6. The van der Waals surface area contributed by atoms with Gasteiger partial charge < -0.3 is 14.8 Å². The van der Waals surface area contributed by atoms with E-state index in [0.717, 1.165) is 10.1 Å². The molecule has 0 radical (unpaired) electrons. The predicted molar refractivity (Wildman–Crippen MR) is 125 cm³/mol. The second-order valence-corrected chi connectivity index (χ2v) is 8.77. The van der Waals surface area contributed by atoms with E-state index in [2.05, 4.69) is 5.32 Å². The average Bonchev–Trinajstić information content (AvgIpc) is 3.48. The maximum absolute atomic E-state index is 13.2. The van der Waals surface area contributed by atoms with Crippen LogP contribution in [0.5, 0.6) is 11.5 Å². The number of thiophene rings is 1. The summed E-state index contributed by atoms with van der Waals surface area (Å²) in [5.74, 6) is 0.937. The van der Waals surface area contributed by atoms with Crippen LogP contribution in [-0.4, -0.2) is 21.8 Å². The third kappa shape index (κ3) is 4.12. The van der Waals surface area contributed by atoms with Gasteiger partial charge in [0.25, 0.3) is 5.56 Å². The molecule has 1 aliphatic rings. The summed E-state index contributed by atoms with van der Waals surface area (Å²) < 4.78 is 13.5. The van der Waals surface area contributed by atoms with Gasteiger partial charge >= 0.3 is 5.69 Å². The lowest BCUT2D eigenvalue weighted by molar-refractivity contribution is -0.121. The zero-order valence-electron chi connectivity index (χ0n) is 17.2. The van der Waals surface area contributed by atoms with Crippen molar-refractivity contribution in [3.63, 3.8) is 0 Å². The monoisotopic (exact) mass is 483 g/mol. The SMILES string of the molecule is O=C(Cn1c(=O)n(Cc2ccccc2Cl)c(=O)c2sccc21)NCc1ccc2c(c1)OCO2. The van der Waals surface area contributed by atoms with Crippen LogP contribution in [0.4, 0.5) is 0 Å². The molecule has 0 saturated heterocycles. The molecule has 0 aliphatic carbocycles. The van der Waals surface area contributed by atoms with Gasteiger partial charge in [-0.15, -0.1) is 11.3 Å². The van der Waals surface area contributed by atoms with E-state index < -0.39 is 11.2 Å². The fourth-order valence-electron chi connectivity index (χ4n) is 3.67. The normalized spacial score (nSPS) is 12.3. The number of nitrogens with zero attached hydrogens (tertiary/aromatic N) is 2. The van der Waals surface area contributed by atoms with E-state index in [0.29, 0.717) is 32.3 Å². The van der Waals surface area contributed by atoms with Gasteiger partial charge in [0.05, 0.1) is 12.1 Å². The van der Waals surface area contributed by atoms with Gasteiger partial charge in [0.1, 0.15) is 11.2 Å². The van der Waals surface area contributed by atoms with Crippen molar-refractivity contribution in [1.29, 1.82) is 0 Å². The fourth-order valence-corrected chi connectivity index (χ4v) is 4.71. The van der Waals surface area contributed by atoms with Gasteiger partial charge in [0, 0.05) is 11.6 Å². The van der Waals surface area contributed by atoms with E-state index in [4.69, 9.17) is 21.1 Å². The summed E-state index contributed by atoms with van der Waals surface area (Å²) in [7, 11) is 0. The lowest BCUT2D eigenvalue weighted by atomic mass is 10.2. The van der Waals surface area contributed by atoms with Crippen LogP contribution in [0.1, 0.15) is 11.1 Å². The minimum Gasteiger partial charge on any atom is -0.454 e. The highest BCUT2D eigenvalue weighted by atomic mass is 35.5. The number of rotatable bonds is 6. The van der Waals surface area contributed by atoms with Gasteiger partial charge in [-0.25, -0.2) is 4.79 Å². The van der Waals surface area contributed by atoms with Crippen LogP contribution in [0.25, 0.3) is 10.2 Å². The molecule has 10 heteroatoms. The number of halogens is 1. The van der Waals surface area contributed by atoms with Crippen LogP contribution in [0, 0.1) is 0 Å². The Hall–Kier alpha value is -3.56. The van der Waals surface area contributed by atoms with Crippen LogP contribution >= 0.6 is 22.9 Å². The van der Waals surface area contributed by atoms with E-state index in [9.17, 15) is 14.4 Å². The second kappa shape index (κ2) is 8.76. The quantitative estimate of drug-likeness (QED) is 0.455. The summed E-state index contributed by atoms with van der Waals surface area (Å²) in [6.07, 6.45) is 0. The number of hydrogen-bond donors (Lipinski definition) is 1. The third-order valence-corrected chi connectivity index (χ3v) is 6.61. The Morgan fingerprint density at radius 2 is 1.88 bits per heavy atom. The first-order valence-electron chi connectivity index (χ1n) is 10.1. The van der Waals surface area contributed by atoms with Crippen LogP contribution in [0.15, 0.2) is 63.5 Å². The second-order valence-electron chi connectivity index (χ2n) is 7.45. The Morgan fingerprint density at radius 3 is 2.73 bits per heavy atom. The molecule has 33 heavy (non-hydrogen) atoms. The molecule has 1 N–H and O–H groups in total. The molecule has 4 aromatic rings. The Bertz CT molecular complexity index is 1490. The minimum atomic E-state index is -0.566. The highest BCUT2D eigenvalue weighted by Crippen LogP contribution is 2.32. The number of carbonyl (C=O) groups is 1. The third-order valence-electron chi connectivity index (χ3n) is 5.35. The molecule has 1 amide bonds. The molecule has 5 rings (SSSR count). The Morgan fingerprint density at radius 1 is 1.06 bits per heavy atom. The van der Waals surface area contributed by atoms with Crippen LogP contribution in [0.3, 0.4) is 0 Å². The smallest absolute Gasteiger partial charge is 0.332 e. The van der Waals surface area contributed by atoms with Crippen molar-refractivity contribution >= 4 is 39.1 Å². The summed E-state index contributed by atoms with van der Waals surface area (Å²) in [4.78, 5) is 38.9. The van der Waals surface area contributed by atoms with E-state index in [1.165, 1.54) is 15.9 Å². The molecule has 0 fully saturated rings. The number of benzene rings is 2. The zero-order chi connectivity index (χ0) is 22.9. The zero-order valence-corrected chi connectivity index (χ0v) is 18.8. The Labute approximate surface area is 196 Å². The lowest BCUT2D eigenvalue weighted by Gasteiger charge is -2.13. The van der Waals surface area contributed by atoms with Crippen molar-refractivity contribution in [3.8, 4) is 11.5 Å². The topological polar surface area (TPSA) is 91.6 Å². The van der Waals surface area contributed by atoms with Gasteiger partial charge in [-0.1, -0.05) is 35.9 Å². The molecular formula is C23H18ClN3O5S. The summed E-state index contributed by atoms with van der Waals surface area (Å²) in [5.41, 5.74) is 0.951. The molecule has 0 spiro atoms. The molecule has 0 unspecified atom stereocenters. The lowest BCUT2D eigenvalue weighted by Crippen LogP contribution is -2.42. The maximum Gasteiger partial charge on any atom is 0.332 e. The molecule has 8 nitrogen and oxygen atoms in total. The average molecular weight is 484 g/mol. The number of aromatic nitrogens is 2. The van der Waals surface area contributed by atoms with Crippen LogP contribution in [0.2, 0.25) is 5.02 Å². The molecule has 2 aromatic heterocycles. The molecule has 168 valence electrons. The first-order valence-corrected chi connectivity index (χ1v) is 11.4. The summed E-state index contributed by atoms with van der Waals surface area (Å²) >= 11 is 7.46. The summed E-state index contributed by atoms with van der Waals surface area (Å²) in [6.45, 7) is 0.230. The van der Waals surface area contributed by atoms with E-state index in [1.54, 1.807) is 47.8 Å². The molecule has 0 saturated carbocycles. The first-order chi connectivity index (χ1) is 16.0. The molecule has 0 bridgehead atoms. The van der Waals surface area contributed by atoms with Gasteiger partial charge in [0.2, 0.25) is 12.7 Å². The molecule has 2 aromatic carbocycles. The Kier molecular flexibility index (Phi) is 5.65. The minimum absolute atomic E-state index is 0.0179. The van der Waals surface area contributed by atoms with Gasteiger partial charge in [0.15, 0.2) is 11.5 Å². The van der Waals surface area contributed by atoms with Crippen LogP contribution < -0.4 is 26.0 Å². The van der Waals surface area contributed by atoms with Gasteiger partial charge in [-0.3, -0.25) is 18.7 Å². The number of ether oxygens (including phenoxy) is 2. The van der Waals surface area contributed by atoms with E-state index in [1.807, 2.05) is 6.07 Å². The molecule has 1 aliphatic heterocycles. The fraction of sp³-hybridized carbons (Fsp3) is 0.174. The van der Waals surface area contributed by atoms with Crippen molar-refractivity contribution in [2.45, 2.75) is 19.6 Å². The van der Waals surface area contributed by atoms with Crippen molar-refractivity contribution in [3.05, 3.63) is 90.9 Å². The van der Waals surface area contributed by atoms with Gasteiger partial charge in [-0.2, -0.15) is 0 Å². The van der Waals surface area contributed by atoms with Gasteiger partial charge in [-0.05, 0) is 40.8 Å². The van der Waals surface area contributed by atoms with Crippen LogP contribution in [-0.2, 0) is 24.4 Å². The highest BCUT2D eigenvalue weighted by Gasteiger charge is 2.18. The maximum atomic E-state index is 13.2. The molecule has 3 heterocycles. The molecular weight excluding hydrogens is 466 g/mol. The number of carbonyl (C=O) groups excluding carboxylic acids is 1.